The smallest absolute Gasteiger partial charge is 0.240 e. The van der Waals surface area contributed by atoms with Crippen molar-refractivity contribution in [3.8, 4) is 0 Å². The lowest BCUT2D eigenvalue weighted by molar-refractivity contribution is -0.122. The third-order valence-corrected chi connectivity index (χ3v) is 4.20. The van der Waals surface area contributed by atoms with Crippen molar-refractivity contribution in [1.29, 1.82) is 0 Å². The first-order chi connectivity index (χ1) is 11.1. The summed E-state index contributed by atoms with van der Waals surface area (Å²) < 4.78 is 0. The lowest BCUT2D eigenvalue weighted by atomic mass is 10.2. The maximum atomic E-state index is 12.0. The third-order valence-electron chi connectivity index (χ3n) is 3.13. The number of rotatable bonds is 6. The number of anilines is 1. The van der Waals surface area contributed by atoms with Crippen LogP contribution in [0.25, 0.3) is 0 Å². The number of carbonyl (C=O) groups is 2. The molecule has 1 aliphatic rings. The topological polar surface area (TPSA) is 82.9 Å². The third kappa shape index (κ3) is 5.52. The zero-order valence-electron chi connectivity index (χ0n) is 13.2. The second-order valence-electron chi connectivity index (χ2n) is 5.20. The van der Waals surface area contributed by atoms with Gasteiger partial charge in [0.25, 0.3) is 0 Å². The predicted molar refractivity (Wildman–Crippen MR) is 94.7 cm³/mol. The average Bonchev–Trinajstić information content (AvgIpc) is 2.86. The van der Waals surface area contributed by atoms with Crippen molar-refractivity contribution in [2.24, 2.45) is 10.2 Å². The van der Waals surface area contributed by atoms with E-state index in [0.29, 0.717) is 5.17 Å². The maximum Gasteiger partial charge on any atom is 0.240 e. The summed E-state index contributed by atoms with van der Waals surface area (Å²) in [4.78, 5) is 23.9. The molecular formula is C16H20N4O2S. The first-order valence-electron chi connectivity index (χ1n) is 7.52. The summed E-state index contributed by atoms with van der Waals surface area (Å²) in [5, 5.41) is 13.5. The van der Waals surface area contributed by atoms with E-state index in [-0.39, 0.29) is 18.2 Å². The second kappa shape index (κ2) is 8.47. The first-order valence-corrected chi connectivity index (χ1v) is 8.40. The Morgan fingerprint density at radius 1 is 1.35 bits per heavy atom. The molecule has 0 radical (unpaired) electrons. The molecule has 2 amide bonds. The fourth-order valence-electron chi connectivity index (χ4n) is 2.03. The van der Waals surface area contributed by atoms with E-state index in [2.05, 4.69) is 27.8 Å². The van der Waals surface area contributed by atoms with Crippen molar-refractivity contribution in [2.45, 2.75) is 38.4 Å². The number of thioether (sulfide) groups is 1. The van der Waals surface area contributed by atoms with Gasteiger partial charge >= 0.3 is 0 Å². The standard InChI is InChI=1S/C16H20N4O2S/c1-3-7-11(2)19-20-16-18-15(22)13(23-16)10-14(21)17-12-8-5-4-6-9-12/h4-6,8-9,13H,3,7,10H2,1-2H3,(H,17,21)(H,18,20,22)/b19-11-/t13-/m1/s1. The van der Waals surface area contributed by atoms with Gasteiger partial charge in [0.1, 0.15) is 5.25 Å². The summed E-state index contributed by atoms with van der Waals surface area (Å²) in [5.41, 5.74) is 1.63. The molecule has 0 aromatic heterocycles. The van der Waals surface area contributed by atoms with Crippen LogP contribution >= 0.6 is 11.8 Å². The molecule has 1 aromatic carbocycles. The molecule has 6 nitrogen and oxygen atoms in total. The van der Waals surface area contributed by atoms with Gasteiger partial charge in [-0.2, -0.15) is 5.10 Å². The van der Waals surface area contributed by atoms with Crippen molar-refractivity contribution >= 4 is 40.1 Å². The Balaban J connectivity index is 1.89. The lowest BCUT2D eigenvalue weighted by Crippen LogP contribution is -2.28. The maximum absolute atomic E-state index is 12.0. The molecule has 0 saturated carbocycles. The van der Waals surface area contributed by atoms with Crippen molar-refractivity contribution in [3.05, 3.63) is 30.3 Å². The van der Waals surface area contributed by atoms with E-state index in [1.54, 1.807) is 12.1 Å². The van der Waals surface area contributed by atoms with E-state index in [9.17, 15) is 9.59 Å². The highest BCUT2D eigenvalue weighted by molar-refractivity contribution is 8.15. The van der Waals surface area contributed by atoms with Crippen LogP contribution < -0.4 is 10.6 Å². The zero-order chi connectivity index (χ0) is 16.7. The Morgan fingerprint density at radius 2 is 2.09 bits per heavy atom. The van der Waals surface area contributed by atoms with Gasteiger partial charge < -0.3 is 10.6 Å². The molecule has 7 heteroatoms. The van der Waals surface area contributed by atoms with E-state index in [1.165, 1.54) is 11.8 Å². The fraction of sp³-hybridized carbons (Fsp3) is 0.375. The Labute approximate surface area is 139 Å². The van der Waals surface area contributed by atoms with Gasteiger partial charge in [0, 0.05) is 17.8 Å². The highest BCUT2D eigenvalue weighted by Gasteiger charge is 2.32. The quantitative estimate of drug-likeness (QED) is 0.621. The number of hydrogen-bond acceptors (Lipinski definition) is 5. The van der Waals surface area contributed by atoms with Gasteiger partial charge in [-0.3, -0.25) is 9.59 Å². The van der Waals surface area contributed by atoms with Crippen molar-refractivity contribution in [2.75, 3.05) is 5.32 Å². The van der Waals surface area contributed by atoms with Crippen LogP contribution in [0.4, 0.5) is 5.69 Å². The minimum atomic E-state index is -0.473. The Bertz CT molecular complexity index is 628. The molecule has 1 fully saturated rings. The number of carbonyl (C=O) groups excluding carboxylic acids is 2. The molecular weight excluding hydrogens is 312 g/mol. The Hall–Kier alpha value is -2.15. The summed E-state index contributed by atoms with van der Waals surface area (Å²) in [6.07, 6.45) is 1.97. The van der Waals surface area contributed by atoms with Gasteiger partial charge in [-0.05, 0) is 25.5 Å². The average molecular weight is 332 g/mol. The molecule has 23 heavy (non-hydrogen) atoms. The SMILES string of the molecule is CCC/C(C)=N\N=C1/NC(=O)[C@@H](CC(=O)Nc2ccccc2)S1. The summed E-state index contributed by atoms with van der Waals surface area (Å²) in [6.45, 7) is 3.97. The van der Waals surface area contributed by atoms with E-state index >= 15 is 0 Å². The van der Waals surface area contributed by atoms with Crippen molar-refractivity contribution in [3.63, 3.8) is 0 Å². The Kier molecular flexibility index (Phi) is 6.34. The first kappa shape index (κ1) is 17.2. The summed E-state index contributed by atoms with van der Waals surface area (Å²) in [7, 11) is 0. The molecule has 0 spiro atoms. The number of amides is 2. The number of hydrogen-bond donors (Lipinski definition) is 2. The molecule has 2 rings (SSSR count). The van der Waals surface area contributed by atoms with Crippen LogP contribution in [0, 0.1) is 0 Å². The summed E-state index contributed by atoms with van der Waals surface area (Å²) in [5.74, 6) is -0.406. The monoisotopic (exact) mass is 332 g/mol. The van der Waals surface area contributed by atoms with Crippen molar-refractivity contribution < 1.29 is 9.59 Å². The molecule has 1 aliphatic heterocycles. The van der Waals surface area contributed by atoms with Crippen LogP contribution in [0.1, 0.15) is 33.1 Å². The molecule has 0 aliphatic carbocycles. The number of nitrogens with zero attached hydrogens (tertiary/aromatic N) is 2. The van der Waals surface area contributed by atoms with E-state index in [0.717, 1.165) is 24.2 Å². The van der Waals surface area contributed by atoms with Gasteiger partial charge in [-0.25, -0.2) is 0 Å². The minimum absolute atomic E-state index is 0.0993. The molecule has 2 N–H and O–H groups in total. The predicted octanol–water partition coefficient (Wildman–Crippen LogP) is 2.78. The highest BCUT2D eigenvalue weighted by Crippen LogP contribution is 2.23. The largest absolute Gasteiger partial charge is 0.326 e. The highest BCUT2D eigenvalue weighted by atomic mass is 32.2. The normalized spacial score (nSPS) is 19.7. The minimum Gasteiger partial charge on any atom is -0.326 e. The van der Waals surface area contributed by atoms with E-state index in [1.807, 2.05) is 25.1 Å². The van der Waals surface area contributed by atoms with Crippen LogP contribution in [-0.2, 0) is 9.59 Å². The molecule has 122 valence electrons. The number of para-hydroxylation sites is 1. The fourth-order valence-corrected chi connectivity index (χ4v) is 2.95. The van der Waals surface area contributed by atoms with Crippen LogP contribution in [-0.4, -0.2) is 27.9 Å². The van der Waals surface area contributed by atoms with Crippen LogP contribution in [0.5, 0.6) is 0 Å². The van der Waals surface area contributed by atoms with E-state index < -0.39 is 5.25 Å². The van der Waals surface area contributed by atoms with Crippen LogP contribution in [0.3, 0.4) is 0 Å². The van der Waals surface area contributed by atoms with Crippen molar-refractivity contribution in [1.82, 2.24) is 5.32 Å². The number of amidine groups is 1. The number of nitrogens with one attached hydrogen (secondary N) is 2. The van der Waals surface area contributed by atoms with Gasteiger partial charge in [0.2, 0.25) is 11.8 Å². The van der Waals surface area contributed by atoms with Crippen LogP contribution in [0.2, 0.25) is 0 Å². The van der Waals surface area contributed by atoms with Gasteiger partial charge in [0.15, 0.2) is 5.17 Å². The molecule has 0 bridgehead atoms. The molecule has 1 heterocycles. The molecule has 1 saturated heterocycles. The zero-order valence-corrected chi connectivity index (χ0v) is 14.0. The van der Waals surface area contributed by atoms with Crippen LogP contribution in [0.15, 0.2) is 40.5 Å². The number of benzene rings is 1. The van der Waals surface area contributed by atoms with Gasteiger partial charge in [-0.15, -0.1) is 5.10 Å². The second-order valence-corrected chi connectivity index (χ2v) is 6.40. The summed E-state index contributed by atoms with van der Waals surface area (Å²) >= 11 is 1.24. The Morgan fingerprint density at radius 3 is 2.78 bits per heavy atom. The lowest BCUT2D eigenvalue weighted by Gasteiger charge is -2.06. The molecule has 0 unspecified atom stereocenters. The van der Waals surface area contributed by atoms with Gasteiger partial charge in [0.05, 0.1) is 0 Å². The molecule has 1 atom stereocenters. The van der Waals surface area contributed by atoms with E-state index in [4.69, 9.17) is 0 Å². The van der Waals surface area contributed by atoms with Gasteiger partial charge in [-0.1, -0.05) is 43.3 Å². The summed E-state index contributed by atoms with van der Waals surface area (Å²) in [6, 6.07) is 9.16. The molecule has 1 aromatic rings.